The van der Waals surface area contributed by atoms with Gasteiger partial charge in [0.15, 0.2) is 0 Å². The number of nitrogens with one attached hydrogen (secondary N) is 1. The SMILES string of the molecule is CCc1cc(NC(=O)[C@@H]2OCC[C@@H]2C(C)C)n(C)n1. The van der Waals surface area contributed by atoms with E-state index in [2.05, 4.69) is 24.3 Å². The van der Waals surface area contributed by atoms with Gasteiger partial charge in [0.2, 0.25) is 0 Å². The van der Waals surface area contributed by atoms with Gasteiger partial charge < -0.3 is 10.1 Å². The highest BCUT2D eigenvalue weighted by Crippen LogP contribution is 2.28. The largest absolute Gasteiger partial charge is 0.368 e. The summed E-state index contributed by atoms with van der Waals surface area (Å²) < 4.78 is 7.30. The summed E-state index contributed by atoms with van der Waals surface area (Å²) in [5.74, 6) is 1.44. The third kappa shape index (κ3) is 2.97. The number of hydrogen-bond acceptors (Lipinski definition) is 3. The topological polar surface area (TPSA) is 56.1 Å². The van der Waals surface area contributed by atoms with Crippen LogP contribution in [0.25, 0.3) is 0 Å². The lowest BCUT2D eigenvalue weighted by Crippen LogP contribution is -2.35. The van der Waals surface area contributed by atoms with Crippen LogP contribution in [-0.2, 0) is 23.0 Å². The van der Waals surface area contributed by atoms with Crippen LogP contribution in [0.15, 0.2) is 6.07 Å². The molecule has 1 N–H and O–H groups in total. The molecule has 0 bridgehead atoms. The van der Waals surface area contributed by atoms with Gasteiger partial charge in [-0.3, -0.25) is 9.48 Å². The van der Waals surface area contributed by atoms with Gasteiger partial charge in [0.25, 0.3) is 5.91 Å². The van der Waals surface area contributed by atoms with Crippen molar-refractivity contribution >= 4 is 11.7 Å². The maximum Gasteiger partial charge on any atom is 0.254 e. The summed E-state index contributed by atoms with van der Waals surface area (Å²) in [5, 5.41) is 7.25. The van der Waals surface area contributed by atoms with Gasteiger partial charge in [-0.25, -0.2) is 0 Å². The first-order chi connectivity index (χ1) is 9.02. The van der Waals surface area contributed by atoms with Gasteiger partial charge >= 0.3 is 0 Å². The summed E-state index contributed by atoms with van der Waals surface area (Å²) in [7, 11) is 1.84. The Morgan fingerprint density at radius 3 is 2.95 bits per heavy atom. The third-order valence-electron chi connectivity index (χ3n) is 3.80. The summed E-state index contributed by atoms with van der Waals surface area (Å²) in [6.07, 6.45) is 1.49. The molecule has 106 valence electrons. The van der Waals surface area contributed by atoms with Gasteiger partial charge in [-0.2, -0.15) is 5.10 Å². The van der Waals surface area contributed by atoms with Crippen molar-refractivity contribution in [1.82, 2.24) is 9.78 Å². The van der Waals surface area contributed by atoms with Crippen molar-refractivity contribution in [2.45, 2.75) is 39.7 Å². The molecular formula is C14H23N3O2. The number of rotatable bonds is 4. The predicted octanol–water partition coefficient (Wildman–Crippen LogP) is 1.98. The number of nitrogens with zero attached hydrogens (tertiary/aromatic N) is 2. The molecule has 1 fully saturated rings. The van der Waals surface area contributed by atoms with Crippen LogP contribution in [-0.4, -0.2) is 28.4 Å². The van der Waals surface area contributed by atoms with Gasteiger partial charge in [-0.05, 0) is 24.7 Å². The summed E-state index contributed by atoms with van der Waals surface area (Å²) in [4.78, 5) is 12.3. The van der Waals surface area contributed by atoms with E-state index in [1.54, 1.807) is 4.68 Å². The zero-order valence-electron chi connectivity index (χ0n) is 12.1. The minimum absolute atomic E-state index is 0.0538. The molecule has 2 rings (SSSR count). The van der Waals surface area contributed by atoms with Crippen LogP contribution in [0.2, 0.25) is 0 Å². The Balaban J connectivity index is 2.06. The summed E-state index contributed by atoms with van der Waals surface area (Å²) in [6, 6.07) is 1.91. The van der Waals surface area contributed by atoms with E-state index in [1.807, 2.05) is 20.0 Å². The Bertz CT molecular complexity index is 454. The highest BCUT2D eigenvalue weighted by molar-refractivity contribution is 5.93. The molecule has 5 nitrogen and oxygen atoms in total. The maximum absolute atomic E-state index is 12.3. The first kappa shape index (κ1) is 14.1. The van der Waals surface area contributed by atoms with E-state index in [1.165, 1.54) is 0 Å². The fourth-order valence-corrected chi connectivity index (χ4v) is 2.57. The number of hydrogen-bond donors (Lipinski definition) is 1. The molecule has 1 saturated heterocycles. The van der Waals surface area contributed by atoms with Crippen molar-refractivity contribution in [2.75, 3.05) is 11.9 Å². The molecule has 0 spiro atoms. The van der Waals surface area contributed by atoms with Gasteiger partial charge in [0.05, 0.1) is 5.69 Å². The maximum atomic E-state index is 12.3. The fourth-order valence-electron chi connectivity index (χ4n) is 2.57. The van der Waals surface area contributed by atoms with E-state index in [4.69, 9.17) is 4.74 Å². The molecule has 0 unspecified atom stereocenters. The number of aromatic nitrogens is 2. The average molecular weight is 265 g/mol. The van der Waals surface area contributed by atoms with Crippen LogP contribution in [0, 0.1) is 11.8 Å². The molecule has 0 aromatic carbocycles. The van der Waals surface area contributed by atoms with Crippen LogP contribution in [0.1, 0.15) is 32.9 Å². The predicted molar refractivity (Wildman–Crippen MR) is 73.9 cm³/mol. The van der Waals surface area contributed by atoms with Crippen molar-refractivity contribution in [3.63, 3.8) is 0 Å². The van der Waals surface area contributed by atoms with Crippen LogP contribution < -0.4 is 5.32 Å². The molecule has 19 heavy (non-hydrogen) atoms. The normalized spacial score (nSPS) is 23.0. The van der Waals surface area contributed by atoms with Crippen LogP contribution in [0.4, 0.5) is 5.82 Å². The number of aryl methyl sites for hydroxylation is 2. The molecule has 2 heterocycles. The van der Waals surface area contributed by atoms with Gasteiger partial charge in [0, 0.05) is 19.7 Å². The van der Waals surface area contributed by atoms with Crippen molar-refractivity contribution in [3.05, 3.63) is 11.8 Å². The Labute approximate surface area is 114 Å². The molecule has 1 amide bonds. The van der Waals surface area contributed by atoms with E-state index >= 15 is 0 Å². The molecule has 5 heteroatoms. The molecule has 1 aliphatic rings. The number of anilines is 1. The second kappa shape index (κ2) is 5.74. The smallest absolute Gasteiger partial charge is 0.254 e. The molecule has 1 aromatic rings. The van der Waals surface area contributed by atoms with Crippen molar-refractivity contribution in [2.24, 2.45) is 18.9 Å². The first-order valence-corrected chi connectivity index (χ1v) is 6.98. The fraction of sp³-hybridized carbons (Fsp3) is 0.714. The van der Waals surface area contributed by atoms with E-state index in [0.717, 1.165) is 24.4 Å². The highest BCUT2D eigenvalue weighted by atomic mass is 16.5. The van der Waals surface area contributed by atoms with E-state index < -0.39 is 0 Å². The lowest BCUT2D eigenvalue weighted by Gasteiger charge is -2.20. The lowest BCUT2D eigenvalue weighted by atomic mass is 9.89. The second-order valence-electron chi connectivity index (χ2n) is 5.48. The highest BCUT2D eigenvalue weighted by Gasteiger charge is 2.36. The number of carbonyl (C=O) groups excluding carboxylic acids is 1. The van der Waals surface area contributed by atoms with E-state index in [0.29, 0.717) is 18.4 Å². The van der Waals surface area contributed by atoms with Crippen LogP contribution in [0.5, 0.6) is 0 Å². The Hall–Kier alpha value is -1.36. The van der Waals surface area contributed by atoms with E-state index in [9.17, 15) is 4.79 Å². The van der Waals surface area contributed by atoms with Gasteiger partial charge in [-0.15, -0.1) is 0 Å². The number of ether oxygens (including phenoxy) is 1. The second-order valence-corrected chi connectivity index (χ2v) is 5.48. The Morgan fingerprint density at radius 1 is 1.63 bits per heavy atom. The Kier molecular flexibility index (Phi) is 4.24. The van der Waals surface area contributed by atoms with Gasteiger partial charge in [-0.1, -0.05) is 20.8 Å². The Morgan fingerprint density at radius 2 is 2.37 bits per heavy atom. The zero-order valence-corrected chi connectivity index (χ0v) is 12.1. The van der Waals surface area contributed by atoms with Crippen molar-refractivity contribution in [1.29, 1.82) is 0 Å². The average Bonchev–Trinajstić information content (AvgIpc) is 2.96. The standard InChI is InChI=1S/C14H23N3O2/c1-5-10-8-12(17(4)16-10)15-14(18)13-11(9(2)3)6-7-19-13/h8-9,11,13H,5-7H2,1-4H3,(H,15,18)/t11-,13-/m1/s1. The summed E-state index contributed by atoms with van der Waals surface area (Å²) >= 11 is 0. The van der Waals surface area contributed by atoms with Crippen LogP contribution in [0.3, 0.4) is 0 Å². The van der Waals surface area contributed by atoms with Crippen LogP contribution >= 0.6 is 0 Å². The molecule has 0 radical (unpaired) electrons. The zero-order chi connectivity index (χ0) is 14.0. The third-order valence-corrected chi connectivity index (χ3v) is 3.80. The molecule has 1 aromatic heterocycles. The minimum atomic E-state index is -0.333. The number of carbonyl (C=O) groups is 1. The molecule has 0 aliphatic carbocycles. The summed E-state index contributed by atoms with van der Waals surface area (Å²) in [5.41, 5.74) is 0.977. The monoisotopic (exact) mass is 265 g/mol. The lowest BCUT2D eigenvalue weighted by molar-refractivity contribution is -0.127. The molecule has 1 aliphatic heterocycles. The first-order valence-electron chi connectivity index (χ1n) is 6.98. The minimum Gasteiger partial charge on any atom is -0.368 e. The quantitative estimate of drug-likeness (QED) is 0.905. The van der Waals surface area contributed by atoms with Gasteiger partial charge in [0.1, 0.15) is 11.9 Å². The molecule has 2 atom stereocenters. The summed E-state index contributed by atoms with van der Waals surface area (Å²) in [6.45, 7) is 6.99. The van der Waals surface area contributed by atoms with Crippen molar-refractivity contribution < 1.29 is 9.53 Å². The number of amides is 1. The van der Waals surface area contributed by atoms with E-state index in [-0.39, 0.29) is 12.0 Å². The molecular weight excluding hydrogens is 242 g/mol. The van der Waals surface area contributed by atoms with Crippen molar-refractivity contribution in [3.8, 4) is 0 Å². The molecule has 0 saturated carbocycles.